The van der Waals surface area contributed by atoms with E-state index in [4.69, 9.17) is 0 Å². The van der Waals surface area contributed by atoms with E-state index in [0.717, 1.165) is 0 Å². The lowest BCUT2D eigenvalue weighted by atomic mass is 9.98. The Morgan fingerprint density at radius 1 is 1.05 bits per heavy atom. The highest BCUT2D eigenvalue weighted by molar-refractivity contribution is 5.81. The number of hydrogen-bond donors (Lipinski definition) is 0. The summed E-state index contributed by atoms with van der Waals surface area (Å²) in [4.78, 5) is 10.5. The average molecular weight is 312 g/mol. The summed E-state index contributed by atoms with van der Waals surface area (Å²) in [7, 11) is 0. The third-order valence-electron chi connectivity index (χ3n) is 1.98. The van der Waals surface area contributed by atoms with Crippen LogP contribution in [0.3, 0.4) is 0 Å². The summed E-state index contributed by atoms with van der Waals surface area (Å²) in [5.41, 5.74) is -5.30. The molecule has 0 heterocycles. The second-order valence-corrected chi connectivity index (χ2v) is 3.27. The Kier molecular flexibility index (Phi) is 8.52. The highest BCUT2D eigenvalue weighted by Gasteiger charge is 2.71. The molecule has 20 heavy (non-hydrogen) atoms. The van der Waals surface area contributed by atoms with Gasteiger partial charge in [0.15, 0.2) is 0 Å². The molecule has 2 nitrogen and oxygen atoms in total. The summed E-state index contributed by atoms with van der Waals surface area (Å²) >= 11 is 0. The van der Waals surface area contributed by atoms with Gasteiger partial charge in [0, 0.05) is 12.5 Å². The summed E-state index contributed by atoms with van der Waals surface area (Å²) in [6, 6.07) is 0. The number of carbonyl (C=O) groups is 1. The minimum atomic E-state index is -6.08. The van der Waals surface area contributed by atoms with E-state index in [2.05, 4.69) is 11.3 Å². The Morgan fingerprint density at radius 3 is 1.75 bits per heavy atom. The third-order valence-corrected chi connectivity index (χ3v) is 1.98. The number of rotatable bonds is 5. The van der Waals surface area contributed by atoms with Crippen LogP contribution in [0.4, 0.5) is 30.7 Å². The minimum absolute atomic E-state index is 0.677. The van der Waals surface area contributed by atoms with Crippen LogP contribution < -0.4 is 0 Å². The lowest BCUT2D eigenvalue weighted by molar-refractivity contribution is -0.343. The van der Waals surface area contributed by atoms with Gasteiger partial charge in [0.1, 0.15) is 0 Å². The molecule has 0 aromatic carbocycles. The predicted molar refractivity (Wildman–Crippen MR) is 57.7 cm³/mol. The van der Waals surface area contributed by atoms with Gasteiger partial charge in [0.25, 0.3) is 5.67 Å². The monoisotopic (exact) mass is 312 g/mol. The second-order valence-electron chi connectivity index (χ2n) is 3.27. The van der Waals surface area contributed by atoms with Crippen LogP contribution in [0.15, 0.2) is 12.7 Å². The fraction of sp³-hybridized carbons (Fsp3) is 0.727. The molecular weight excluding hydrogens is 297 g/mol. The van der Waals surface area contributed by atoms with Crippen molar-refractivity contribution in [2.75, 3.05) is 6.61 Å². The fourth-order valence-electron chi connectivity index (χ4n) is 0.992. The molecule has 0 saturated heterocycles. The Balaban J connectivity index is 0. The summed E-state index contributed by atoms with van der Waals surface area (Å²) in [5, 5.41) is 0. The fourth-order valence-corrected chi connectivity index (χ4v) is 0.992. The van der Waals surface area contributed by atoms with Crippen molar-refractivity contribution in [2.45, 2.75) is 44.7 Å². The van der Waals surface area contributed by atoms with E-state index in [1.54, 1.807) is 0 Å². The molecule has 0 N–H and O–H groups in total. The third kappa shape index (κ3) is 5.79. The highest BCUT2D eigenvalue weighted by atomic mass is 19.4. The highest BCUT2D eigenvalue weighted by Crippen LogP contribution is 2.48. The van der Waals surface area contributed by atoms with Gasteiger partial charge in [-0.1, -0.05) is 20.4 Å². The zero-order valence-electron chi connectivity index (χ0n) is 10.9. The largest absolute Gasteiger partial charge is 0.463 e. The molecule has 0 bridgehead atoms. The second kappa shape index (κ2) is 8.11. The molecule has 0 fully saturated rings. The summed E-state index contributed by atoms with van der Waals surface area (Å²) < 4.78 is 89.4. The van der Waals surface area contributed by atoms with Gasteiger partial charge in [-0.25, -0.2) is 9.18 Å². The molecule has 120 valence electrons. The van der Waals surface area contributed by atoms with Crippen LogP contribution in [0.2, 0.25) is 0 Å². The van der Waals surface area contributed by atoms with Crippen LogP contribution in [-0.4, -0.2) is 30.6 Å². The minimum Gasteiger partial charge on any atom is -0.463 e. The van der Waals surface area contributed by atoms with Crippen molar-refractivity contribution in [2.24, 2.45) is 0 Å². The summed E-state index contributed by atoms with van der Waals surface area (Å²) in [6.07, 6.45) is -14.3. The van der Waals surface area contributed by atoms with E-state index < -0.39 is 43.4 Å². The number of carbonyl (C=O) groups excluding carboxylic acids is 1. The first-order valence-corrected chi connectivity index (χ1v) is 5.57. The van der Waals surface area contributed by atoms with Crippen LogP contribution in [0.25, 0.3) is 0 Å². The van der Waals surface area contributed by atoms with Crippen molar-refractivity contribution in [3.05, 3.63) is 12.7 Å². The van der Waals surface area contributed by atoms with Gasteiger partial charge >= 0.3 is 18.3 Å². The van der Waals surface area contributed by atoms with Gasteiger partial charge in [-0.2, -0.15) is 26.3 Å². The first-order chi connectivity index (χ1) is 8.95. The maximum absolute atomic E-state index is 13.0. The van der Waals surface area contributed by atoms with Crippen molar-refractivity contribution < 1.29 is 40.3 Å². The Labute approximate surface area is 111 Å². The van der Waals surface area contributed by atoms with Gasteiger partial charge in [0.05, 0.1) is 6.61 Å². The van der Waals surface area contributed by atoms with E-state index in [1.807, 2.05) is 13.8 Å². The van der Waals surface area contributed by atoms with Crippen molar-refractivity contribution in [1.29, 1.82) is 0 Å². The van der Waals surface area contributed by atoms with E-state index >= 15 is 0 Å². The van der Waals surface area contributed by atoms with Gasteiger partial charge in [-0.05, 0) is 6.42 Å². The van der Waals surface area contributed by atoms with E-state index in [0.29, 0.717) is 6.08 Å². The normalized spacial score (nSPS) is 12.2. The van der Waals surface area contributed by atoms with Crippen LogP contribution in [-0.2, 0) is 9.53 Å². The van der Waals surface area contributed by atoms with E-state index in [9.17, 15) is 35.5 Å². The van der Waals surface area contributed by atoms with Crippen molar-refractivity contribution in [1.82, 2.24) is 0 Å². The number of halogens is 7. The van der Waals surface area contributed by atoms with E-state index in [-0.39, 0.29) is 0 Å². The smallest absolute Gasteiger partial charge is 0.431 e. The molecule has 0 amide bonds. The van der Waals surface area contributed by atoms with Gasteiger partial charge in [0.2, 0.25) is 0 Å². The lowest BCUT2D eigenvalue weighted by Crippen LogP contribution is -2.53. The Hall–Kier alpha value is -1.28. The Bertz CT molecular complexity index is 293. The van der Waals surface area contributed by atoms with Crippen molar-refractivity contribution in [3.63, 3.8) is 0 Å². The molecule has 0 rings (SSSR count). The molecule has 0 aliphatic heterocycles. The first kappa shape index (κ1) is 21.0. The molecule has 0 radical (unpaired) electrons. The topological polar surface area (TPSA) is 26.3 Å². The molecular formula is C11H15F7O2. The van der Waals surface area contributed by atoms with E-state index in [1.165, 1.54) is 0 Å². The Morgan fingerprint density at radius 2 is 1.45 bits per heavy atom. The zero-order chi connectivity index (χ0) is 16.6. The number of alkyl halides is 7. The quantitative estimate of drug-likeness (QED) is 0.326. The van der Waals surface area contributed by atoms with Crippen LogP contribution in [0.5, 0.6) is 0 Å². The summed E-state index contributed by atoms with van der Waals surface area (Å²) in [6.45, 7) is 6.20. The number of ether oxygens (including phenoxy) is 1. The number of esters is 1. The van der Waals surface area contributed by atoms with Gasteiger partial charge in [-0.15, -0.1) is 0 Å². The van der Waals surface area contributed by atoms with Crippen molar-refractivity contribution >= 4 is 5.97 Å². The molecule has 0 aromatic heterocycles. The molecule has 0 aromatic rings. The predicted octanol–water partition coefficient (Wildman–Crippen LogP) is 4.35. The molecule has 0 spiro atoms. The van der Waals surface area contributed by atoms with Crippen LogP contribution >= 0.6 is 0 Å². The van der Waals surface area contributed by atoms with Gasteiger partial charge in [-0.3, -0.25) is 0 Å². The molecule has 0 aliphatic carbocycles. The van der Waals surface area contributed by atoms with Crippen LogP contribution in [0, 0.1) is 0 Å². The van der Waals surface area contributed by atoms with Crippen LogP contribution in [0.1, 0.15) is 26.7 Å². The van der Waals surface area contributed by atoms with Gasteiger partial charge < -0.3 is 4.74 Å². The molecule has 0 atom stereocenters. The maximum Gasteiger partial charge on any atom is 0.431 e. The zero-order valence-corrected chi connectivity index (χ0v) is 10.9. The van der Waals surface area contributed by atoms with Crippen molar-refractivity contribution in [3.8, 4) is 0 Å². The maximum atomic E-state index is 13.0. The molecule has 9 heteroatoms. The molecule has 0 saturated carbocycles. The summed E-state index contributed by atoms with van der Waals surface area (Å²) in [5.74, 6) is -1.02. The lowest BCUT2D eigenvalue weighted by Gasteiger charge is -2.29. The standard InChI is InChI=1S/C9H9F7O2.C2H6/c1-2-6(17)18-5-3-4-7(10,8(11,12)13)9(14,15)16;1-2/h2H,1,3-5H2;1-2H3. The first-order valence-electron chi connectivity index (χ1n) is 5.57. The SMILES string of the molecule is C=CC(=O)OCCCC(F)(C(F)(F)F)C(F)(F)F.CC. The molecule has 0 aliphatic rings. The number of hydrogen-bond acceptors (Lipinski definition) is 2. The average Bonchev–Trinajstić information content (AvgIpc) is 2.33. The molecule has 0 unspecified atom stereocenters.